The molecule has 4 nitrogen and oxygen atoms in total. The smallest absolute Gasteiger partial charge is 0.250 e. The van der Waals surface area contributed by atoms with Gasteiger partial charge in [-0.25, -0.2) is 0 Å². The molecule has 0 heterocycles. The van der Waals surface area contributed by atoms with E-state index in [0.717, 1.165) is 5.56 Å². The van der Waals surface area contributed by atoms with E-state index in [4.69, 9.17) is 5.73 Å². The maximum atomic E-state index is 12.0. The Bertz CT molecular complexity index is 731. The van der Waals surface area contributed by atoms with Gasteiger partial charge < -0.3 is 11.1 Å². The first-order chi connectivity index (χ1) is 11.0. The summed E-state index contributed by atoms with van der Waals surface area (Å²) in [5, 5.41) is 2.67. The van der Waals surface area contributed by atoms with Crippen molar-refractivity contribution in [1.29, 1.82) is 0 Å². The summed E-state index contributed by atoms with van der Waals surface area (Å²) in [6.07, 6.45) is 3.16. The van der Waals surface area contributed by atoms with Crippen LogP contribution >= 0.6 is 0 Å². The molecule has 2 amide bonds. The average Bonchev–Trinajstić information content (AvgIpc) is 2.53. The zero-order valence-corrected chi connectivity index (χ0v) is 13.2. The molecule has 0 spiro atoms. The lowest BCUT2D eigenvalue weighted by molar-refractivity contribution is -0.111. The normalized spacial score (nSPS) is 10.9. The molecule has 118 valence electrons. The predicted molar refractivity (Wildman–Crippen MR) is 93.2 cm³/mol. The fraction of sp³-hybridized carbons (Fsp3) is 0.158. The van der Waals surface area contributed by atoms with Crippen molar-refractivity contribution in [1.82, 2.24) is 0 Å². The van der Waals surface area contributed by atoms with E-state index in [1.807, 2.05) is 24.3 Å². The van der Waals surface area contributed by atoms with Crippen molar-refractivity contribution in [2.45, 2.75) is 19.8 Å². The first-order valence-electron chi connectivity index (χ1n) is 7.45. The van der Waals surface area contributed by atoms with Gasteiger partial charge in [0, 0.05) is 6.08 Å². The van der Waals surface area contributed by atoms with Crippen LogP contribution in [0.5, 0.6) is 0 Å². The number of benzene rings is 2. The van der Waals surface area contributed by atoms with Crippen molar-refractivity contribution in [3.63, 3.8) is 0 Å². The monoisotopic (exact) mass is 308 g/mol. The fourth-order valence-electron chi connectivity index (χ4n) is 2.15. The highest BCUT2D eigenvalue weighted by Gasteiger charge is 2.08. The Morgan fingerprint density at radius 1 is 1.04 bits per heavy atom. The van der Waals surface area contributed by atoms with E-state index in [2.05, 4.69) is 19.2 Å². The summed E-state index contributed by atoms with van der Waals surface area (Å²) in [5.74, 6) is -0.414. The van der Waals surface area contributed by atoms with Gasteiger partial charge in [-0.2, -0.15) is 0 Å². The van der Waals surface area contributed by atoms with Crippen LogP contribution in [0.25, 0.3) is 6.08 Å². The predicted octanol–water partition coefficient (Wildman–Crippen LogP) is 3.56. The highest BCUT2D eigenvalue weighted by Crippen LogP contribution is 2.16. The molecular formula is C19H20N2O2. The van der Waals surface area contributed by atoms with Crippen molar-refractivity contribution in [2.24, 2.45) is 5.73 Å². The molecular weight excluding hydrogens is 288 g/mol. The highest BCUT2D eigenvalue weighted by molar-refractivity contribution is 6.07. The number of nitrogens with one attached hydrogen (secondary N) is 1. The van der Waals surface area contributed by atoms with Gasteiger partial charge in [-0.3, -0.25) is 9.59 Å². The van der Waals surface area contributed by atoms with Gasteiger partial charge in [0.05, 0.1) is 11.3 Å². The summed E-state index contributed by atoms with van der Waals surface area (Å²) >= 11 is 0. The van der Waals surface area contributed by atoms with Crippen molar-refractivity contribution < 1.29 is 9.59 Å². The molecule has 0 aliphatic carbocycles. The third-order valence-electron chi connectivity index (χ3n) is 3.48. The van der Waals surface area contributed by atoms with Crippen LogP contribution in [0.15, 0.2) is 54.6 Å². The molecule has 4 heteroatoms. The fourth-order valence-corrected chi connectivity index (χ4v) is 2.15. The minimum atomic E-state index is -0.575. The molecule has 2 aromatic rings. The molecule has 0 unspecified atom stereocenters. The number of anilines is 1. The van der Waals surface area contributed by atoms with Crippen LogP contribution in [-0.4, -0.2) is 11.8 Å². The van der Waals surface area contributed by atoms with Crippen LogP contribution in [0.2, 0.25) is 0 Å². The minimum Gasteiger partial charge on any atom is -0.366 e. The minimum absolute atomic E-state index is 0.288. The summed E-state index contributed by atoms with van der Waals surface area (Å²) in [7, 11) is 0. The lowest BCUT2D eigenvalue weighted by Gasteiger charge is -2.07. The molecule has 0 aliphatic rings. The third-order valence-corrected chi connectivity index (χ3v) is 3.48. The molecule has 0 saturated carbocycles. The summed E-state index contributed by atoms with van der Waals surface area (Å²) in [4.78, 5) is 23.3. The summed E-state index contributed by atoms with van der Waals surface area (Å²) in [6, 6.07) is 14.7. The second-order valence-electron chi connectivity index (χ2n) is 5.55. The number of amides is 2. The van der Waals surface area contributed by atoms with Crippen molar-refractivity contribution in [3.05, 3.63) is 71.3 Å². The van der Waals surface area contributed by atoms with Gasteiger partial charge in [-0.05, 0) is 35.3 Å². The second kappa shape index (κ2) is 7.40. The molecule has 0 saturated heterocycles. The summed E-state index contributed by atoms with van der Waals surface area (Å²) in [5.41, 5.74) is 8.17. The number of rotatable bonds is 5. The number of carbonyl (C=O) groups excluding carboxylic acids is 2. The SMILES string of the molecule is CC(C)c1ccc(C=CC(=O)Nc2ccccc2C(N)=O)cc1. The Morgan fingerprint density at radius 2 is 1.70 bits per heavy atom. The van der Waals surface area contributed by atoms with E-state index in [-0.39, 0.29) is 11.5 Å². The number of carbonyl (C=O) groups is 2. The molecule has 0 radical (unpaired) electrons. The van der Waals surface area contributed by atoms with E-state index in [0.29, 0.717) is 11.6 Å². The Balaban J connectivity index is 2.06. The zero-order chi connectivity index (χ0) is 16.8. The first kappa shape index (κ1) is 16.5. The van der Waals surface area contributed by atoms with Gasteiger partial charge in [0.25, 0.3) is 5.91 Å². The number of primary amides is 1. The molecule has 23 heavy (non-hydrogen) atoms. The Kier molecular flexibility index (Phi) is 5.31. The molecule has 2 rings (SSSR count). The molecule has 0 aliphatic heterocycles. The number of hydrogen-bond acceptors (Lipinski definition) is 2. The Morgan fingerprint density at radius 3 is 2.30 bits per heavy atom. The van der Waals surface area contributed by atoms with E-state index in [1.165, 1.54) is 11.6 Å². The quantitative estimate of drug-likeness (QED) is 0.829. The van der Waals surface area contributed by atoms with Gasteiger partial charge in [-0.1, -0.05) is 50.2 Å². The number of hydrogen-bond donors (Lipinski definition) is 2. The van der Waals surface area contributed by atoms with Gasteiger partial charge in [0.2, 0.25) is 5.91 Å². The van der Waals surface area contributed by atoms with Crippen LogP contribution in [-0.2, 0) is 4.79 Å². The van der Waals surface area contributed by atoms with E-state index in [9.17, 15) is 9.59 Å². The molecule has 2 aromatic carbocycles. The second-order valence-corrected chi connectivity index (χ2v) is 5.55. The maximum Gasteiger partial charge on any atom is 0.250 e. The van der Waals surface area contributed by atoms with E-state index >= 15 is 0 Å². The van der Waals surface area contributed by atoms with Crippen molar-refractivity contribution in [2.75, 3.05) is 5.32 Å². The van der Waals surface area contributed by atoms with Crippen molar-refractivity contribution in [3.8, 4) is 0 Å². The third kappa shape index (κ3) is 4.54. The molecule has 0 aromatic heterocycles. The number of nitrogens with two attached hydrogens (primary N) is 1. The molecule has 3 N–H and O–H groups in total. The van der Waals surface area contributed by atoms with Crippen LogP contribution in [0.1, 0.15) is 41.3 Å². The molecule has 0 bridgehead atoms. The number of para-hydroxylation sites is 1. The van der Waals surface area contributed by atoms with Crippen LogP contribution in [0.4, 0.5) is 5.69 Å². The van der Waals surface area contributed by atoms with E-state index < -0.39 is 5.91 Å². The highest BCUT2D eigenvalue weighted by atomic mass is 16.2. The first-order valence-corrected chi connectivity index (χ1v) is 7.45. The lowest BCUT2D eigenvalue weighted by Crippen LogP contribution is -2.16. The Labute approximate surface area is 136 Å². The standard InChI is InChI=1S/C19H20N2O2/c1-13(2)15-10-7-14(8-11-15)9-12-18(22)21-17-6-4-3-5-16(17)19(20)23/h3-13H,1-2H3,(H2,20,23)(H,21,22). The van der Waals surface area contributed by atoms with Gasteiger partial charge in [0.15, 0.2) is 0 Å². The lowest BCUT2D eigenvalue weighted by atomic mass is 10.0. The van der Waals surface area contributed by atoms with E-state index in [1.54, 1.807) is 30.3 Å². The van der Waals surface area contributed by atoms with Gasteiger partial charge >= 0.3 is 0 Å². The molecule has 0 fully saturated rings. The van der Waals surface area contributed by atoms with Crippen LogP contribution in [0.3, 0.4) is 0 Å². The average molecular weight is 308 g/mol. The topological polar surface area (TPSA) is 72.2 Å². The van der Waals surface area contributed by atoms with Gasteiger partial charge in [0.1, 0.15) is 0 Å². The Hall–Kier alpha value is -2.88. The summed E-state index contributed by atoms with van der Waals surface area (Å²) < 4.78 is 0. The summed E-state index contributed by atoms with van der Waals surface area (Å²) in [6.45, 7) is 4.27. The van der Waals surface area contributed by atoms with Crippen LogP contribution < -0.4 is 11.1 Å². The zero-order valence-electron chi connectivity index (χ0n) is 13.2. The largest absolute Gasteiger partial charge is 0.366 e. The maximum absolute atomic E-state index is 12.0. The van der Waals surface area contributed by atoms with Crippen molar-refractivity contribution >= 4 is 23.6 Å². The molecule has 0 atom stereocenters. The van der Waals surface area contributed by atoms with Gasteiger partial charge in [-0.15, -0.1) is 0 Å². The van der Waals surface area contributed by atoms with Crippen LogP contribution in [0, 0.1) is 0 Å².